The molecule has 0 radical (unpaired) electrons. The third-order valence-corrected chi connectivity index (χ3v) is 4.90. The highest BCUT2D eigenvalue weighted by Crippen LogP contribution is 1.78. The van der Waals surface area contributed by atoms with Gasteiger partial charge in [0.05, 0.1) is 0 Å². The van der Waals surface area contributed by atoms with Crippen molar-refractivity contribution in [3.8, 4) is 0 Å². The molecule has 0 spiro atoms. The van der Waals surface area contributed by atoms with Crippen LogP contribution in [0.3, 0.4) is 0 Å². The van der Waals surface area contributed by atoms with Crippen molar-refractivity contribution >= 4 is 18.1 Å². The van der Waals surface area contributed by atoms with Crippen molar-refractivity contribution in [1.29, 1.82) is 0 Å². The average Bonchev–Trinajstić information content (AvgIpc) is 1.38. The van der Waals surface area contributed by atoms with Gasteiger partial charge in [-0.15, -0.1) is 0 Å². The lowest BCUT2D eigenvalue weighted by Crippen LogP contribution is -2.01. The van der Waals surface area contributed by atoms with Crippen molar-refractivity contribution < 1.29 is 0 Å². The molecule has 0 aromatic carbocycles. The average molecular weight is 104 g/mol. The van der Waals surface area contributed by atoms with E-state index in [1.807, 2.05) is 0 Å². The van der Waals surface area contributed by atoms with Gasteiger partial charge in [0.15, 0.2) is 0 Å². The van der Waals surface area contributed by atoms with E-state index in [2.05, 4.69) is 13.5 Å². The maximum atomic E-state index is 2.42. The predicted molar refractivity (Wildman–Crippen MR) is 33.4 cm³/mol. The third kappa shape index (κ3) is 4.43. The topological polar surface area (TPSA) is 0 Å². The van der Waals surface area contributed by atoms with Crippen LogP contribution >= 0.6 is 0 Å². The summed E-state index contributed by atoms with van der Waals surface area (Å²) in [4.78, 5) is 0. The van der Waals surface area contributed by atoms with Crippen molar-refractivity contribution in [2.24, 2.45) is 0 Å². The molecule has 0 heterocycles. The summed E-state index contributed by atoms with van der Waals surface area (Å²) in [6, 6.07) is 1.51. The largest absolute Gasteiger partial charge is 0.0746 e. The molecular weight excluding hydrogens is 92.2 g/mol. The van der Waals surface area contributed by atoms with Crippen LogP contribution in [-0.2, 0) is 0 Å². The Hall–Kier alpha value is 0.434. The normalized spacial score (nSPS) is 15.6. The number of hydrogen-bond donors (Lipinski definition) is 0. The Balaban J connectivity index is 2.54. The minimum atomic E-state index is -0.0108. The molecule has 32 valence electrons. The summed E-state index contributed by atoms with van der Waals surface area (Å²) in [7, 11) is 1.50. The van der Waals surface area contributed by atoms with Crippen LogP contribution in [0, 0.1) is 0 Å². The molecule has 0 aliphatic carbocycles. The molecule has 0 amide bonds. The standard InChI is InChI=1S/C3H12Si2/c1-3-5(2)4/h5H,3H2,1-2,4H3. The molecule has 0 N–H and O–H groups in total. The summed E-state index contributed by atoms with van der Waals surface area (Å²) in [5.74, 6) is 0. The van der Waals surface area contributed by atoms with Crippen molar-refractivity contribution in [2.75, 3.05) is 0 Å². The van der Waals surface area contributed by atoms with Gasteiger partial charge in [0.25, 0.3) is 0 Å². The van der Waals surface area contributed by atoms with Crippen molar-refractivity contribution in [2.45, 2.75) is 19.5 Å². The highest BCUT2D eigenvalue weighted by molar-refractivity contribution is 7.02. The minimum Gasteiger partial charge on any atom is -0.0746 e. The summed E-state index contributed by atoms with van der Waals surface area (Å²) in [5.41, 5.74) is 0. The first-order valence-corrected chi connectivity index (χ1v) is 8.86. The third-order valence-electron chi connectivity index (χ3n) is 0.816. The van der Waals surface area contributed by atoms with Crippen LogP contribution in [0.2, 0.25) is 12.6 Å². The van der Waals surface area contributed by atoms with Gasteiger partial charge in [0.1, 0.15) is 0 Å². The monoisotopic (exact) mass is 104 g/mol. The Morgan fingerprint density at radius 3 is 2.00 bits per heavy atom. The minimum absolute atomic E-state index is 0.0108. The molecule has 1 unspecified atom stereocenters. The smallest absolute Gasteiger partial charge is 0.0169 e. The molecule has 0 nitrogen and oxygen atoms in total. The van der Waals surface area contributed by atoms with Crippen LogP contribution in [0.5, 0.6) is 0 Å². The molecule has 0 aromatic rings. The zero-order valence-electron chi connectivity index (χ0n) is 4.28. The molecule has 0 saturated heterocycles. The maximum Gasteiger partial charge on any atom is 0.0169 e. The summed E-state index contributed by atoms with van der Waals surface area (Å²) in [6.07, 6.45) is 0. The summed E-state index contributed by atoms with van der Waals surface area (Å²) in [5, 5.41) is 0. The van der Waals surface area contributed by atoms with Gasteiger partial charge < -0.3 is 0 Å². The molecule has 0 fully saturated rings. The van der Waals surface area contributed by atoms with E-state index in [4.69, 9.17) is 0 Å². The molecule has 2 heteroatoms. The molecule has 0 aromatic heterocycles. The van der Waals surface area contributed by atoms with E-state index in [9.17, 15) is 0 Å². The van der Waals surface area contributed by atoms with Gasteiger partial charge in [0.2, 0.25) is 0 Å². The lowest BCUT2D eigenvalue weighted by molar-refractivity contribution is 1.44. The predicted octanol–water partition coefficient (Wildman–Crippen LogP) is -0.275. The quantitative estimate of drug-likeness (QED) is 0.402. The zero-order valence-corrected chi connectivity index (χ0v) is 7.44. The second-order valence-electron chi connectivity index (χ2n) is 1.80. The highest BCUT2D eigenvalue weighted by Gasteiger charge is 1.83. The van der Waals surface area contributed by atoms with Gasteiger partial charge in [-0.3, -0.25) is 0 Å². The second kappa shape index (κ2) is 2.66. The van der Waals surface area contributed by atoms with Gasteiger partial charge in [-0.25, -0.2) is 0 Å². The molecule has 0 aliphatic rings. The van der Waals surface area contributed by atoms with Crippen LogP contribution in [0.25, 0.3) is 0 Å². The molecular formula is C3H12Si2. The van der Waals surface area contributed by atoms with E-state index in [1.54, 1.807) is 0 Å². The zero-order chi connectivity index (χ0) is 4.28. The van der Waals surface area contributed by atoms with Crippen molar-refractivity contribution in [3.63, 3.8) is 0 Å². The van der Waals surface area contributed by atoms with Gasteiger partial charge in [0, 0.05) is 8.31 Å². The number of rotatable bonds is 1. The van der Waals surface area contributed by atoms with Gasteiger partial charge in [-0.05, 0) is 9.76 Å². The van der Waals surface area contributed by atoms with Crippen LogP contribution in [0.1, 0.15) is 6.92 Å². The lowest BCUT2D eigenvalue weighted by Gasteiger charge is -1.87. The fourth-order valence-corrected chi connectivity index (χ4v) is 0. The van der Waals surface area contributed by atoms with E-state index in [0.29, 0.717) is 0 Å². The fourth-order valence-electron chi connectivity index (χ4n) is 0. The number of hydrogen-bond acceptors (Lipinski definition) is 0. The second-order valence-corrected chi connectivity index (χ2v) is 11.3. The van der Waals surface area contributed by atoms with Crippen LogP contribution in [0.4, 0.5) is 0 Å². The van der Waals surface area contributed by atoms with Gasteiger partial charge in [-0.2, -0.15) is 0 Å². The molecule has 0 bridgehead atoms. The first-order valence-electron chi connectivity index (χ1n) is 2.27. The van der Waals surface area contributed by atoms with Gasteiger partial charge >= 0.3 is 0 Å². The Bertz CT molecular complexity index is 18.9. The van der Waals surface area contributed by atoms with Crippen molar-refractivity contribution in [3.05, 3.63) is 0 Å². The van der Waals surface area contributed by atoms with Crippen LogP contribution in [-0.4, -0.2) is 18.1 Å². The Labute approximate surface area is 38.4 Å². The summed E-state index contributed by atoms with van der Waals surface area (Å²) in [6.45, 7) is 4.72. The van der Waals surface area contributed by atoms with Crippen molar-refractivity contribution in [1.82, 2.24) is 0 Å². The first kappa shape index (κ1) is 5.43. The van der Waals surface area contributed by atoms with E-state index >= 15 is 0 Å². The molecule has 0 rings (SSSR count). The molecule has 0 aliphatic heterocycles. The lowest BCUT2D eigenvalue weighted by atomic mass is 11.0. The maximum absolute atomic E-state index is 2.42. The Kier molecular flexibility index (Phi) is 2.89. The molecule has 0 saturated carbocycles. The molecule has 1 atom stereocenters. The van der Waals surface area contributed by atoms with E-state index < -0.39 is 0 Å². The van der Waals surface area contributed by atoms with Crippen LogP contribution in [0.15, 0.2) is 0 Å². The highest BCUT2D eigenvalue weighted by atomic mass is 29.1. The van der Waals surface area contributed by atoms with Crippen LogP contribution < -0.4 is 0 Å². The van der Waals surface area contributed by atoms with E-state index in [-0.39, 0.29) is 8.31 Å². The van der Waals surface area contributed by atoms with Gasteiger partial charge in [-0.1, -0.05) is 19.5 Å². The Morgan fingerprint density at radius 1 is 1.80 bits per heavy atom. The van der Waals surface area contributed by atoms with E-state index in [0.717, 1.165) is 0 Å². The molecule has 5 heavy (non-hydrogen) atoms. The first-order chi connectivity index (χ1) is 2.27. The SMILES string of the molecule is CC[SiH](C)[SiH3]. The fraction of sp³-hybridized carbons (Fsp3) is 1.00. The summed E-state index contributed by atoms with van der Waals surface area (Å²) >= 11 is 0. The van der Waals surface area contributed by atoms with E-state index in [1.165, 1.54) is 15.8 Å². The summed E-state index contributed by atoms with van der Waals surface area (Å²) < 4.78 is 0. The Morgan fingerprint density at radius 2 is 2.00 bits per heavy atom.